The van der Waals surface area contributed by atoms with Crippen LogP contribution in [-0.4, -0.2) is 28.0 Å². The summed E-state index contributed by atoms with van der Waals surface area (Å²) in [7, 11) is -2.53. The highest BCUT2D eigenvalue weighted by Crippen LogP contribution is 2.26. The summed E-state index contributed by atoms with van der Waals surface area (Å²) in [6, 6.07) is 18.1. The average molecular weight is 457 g/mol. The molecule has 0 bridgehead atoms. The molecular weight excluding hydrogens is 431 g/mol. The number of ether oxygens (including phenoxy) is 1. The number of hydrogen-bond acceptors (Lipinski definition) is 4. The number of benzene rings is 3. The molecule has 32 heavy (non-hydrogen) atoms. The molecule has 0 aliphatic carbocycles. The van der Waals surface area contributed by atoms with Crippen LogP contribution >= 0.6 is 0 Å². The molecule has 3 rings (SSSR count). The number of nitrogens with zero attached hydrogens (tertiary/aromatic N) is 1. The van der Waals surface area contributed by atoms with Crippen LogP contribution in [0.1, 0.15) is 24.1 Å². The molecule has 3 aromatic carbocycles. The molecule has 6 nitrogen and oxygen atoms in total. The van der Waals surface area contributed by atoms with Gasteiger partial charge in [0.15, 0.2) is 0 Å². The van der Waals surface area contributed by atoms with Crippen molar-refractivity contribution in [3.63, 3.8) is 0 Å². The smallest absolute Gasteiger partial charge is 0.264 e. The number of amides is 1. The van der Waals surface area contributed by atoms with Gasteiger partial charge < -0.3 is 10.1 Å². The number of halogens is 1. The maximum atomic E-state index is 13.4. The second kappa shape index (κ2) is 9.82. The Kier molecular flexibility index (Phi) is 7.15. The fraction of sp³-hybridized carbons (Fsp3) is 0.208. The average Bonchev–Trinajstić information content (AvgIpc) is 2.78. The van der Waals surface area contributed by atoms with E-state index in [1.165, 1.54) is 31.4 Å². The summed E-state index contributed by atoms with van der Waals surface area (Å²) >= 11 is 0. The van der Waals surface area contributed by atoms with Crippen molar-refractivity contribution < 1.29 is 22.3 Å². The fourth-order valence-corrected chi connectivity index (χ4v) is 4.70. The monoisotopic (exact) mass is 456 g/mol. The molecule has 0 radical (unpaired) electrons. The second-order valence-corrected chi connectivity index (χ2v) is 9.19. The number of carbonyl (C=O) groups is 1. The van der Waals surface area contributed by atoms with Crippen molar-refractivity contribution in [3.8, 4) is 5.75 Å². The van der Waals surface area contributed by atoms with E-state index >= 15 is 0 Å². The Morgan fingerprint density at radius 3 is 2.28 bits per heavy atom. The molecule has 0 aromatic heterocycles. The van der Waals surface area contributed by atoms with E-state index in [1.807, 2.05) is 25.1 Å². The summed E-state index contributed by atoms with van der Waals surface area (Å²) in [5, 5.41) is 2.82. The molecule has 0 fully saturated rings. The van der Waals surface area contributed by atoms with E-state index in [9.17, 15) is 17.6 Å². The van der Waals surface area contributed by atoms with E-state index in [0.717, 1.165) is 27.6 Å². The Bertz CT molecular complexity index is 1180. The van der Waals surface area contributed by atoms with Crippen molar-refractivity contribution in [3.05, 3.63) is 89.7 Å². The van der Waals surface area contributed by atoms with Crippen molar-refractivity contribution >= 4 is 21.6 Å². The van der Waals surface area contributed by atoms with Crippen molar-refractivity contribution in [2.45, 2.75) is 24.8 Å². The van der Waals surface area contributed by atoms with E-state index in [-0.39, 0.29) is 10.6 Å². The Morgan fingerprint density at radius 1 is 1.03 bits per heavy atom. The third kappa shape index (κ3) is 5.26. The van der Waals surface area contributed by atoms with Crippen molar-refractivity contribution in [1.82, 2.24) is 5.32 Å². The van der Waals surface area contributed by atoms with Gasteiger partial charge in [-0.2, -0.15) is 0 Å². The molecule has 0 unspecified atom stereocenters. The number of carbonyl (C=O) groups excluding carboxylic acids is 1. The summed E-state index contributed by atoms with van der Waals surface area (Å²) in [5.74, 6) is -0.401. The summed E-state index contributed by atoms with van der Waals surface area (Å²) < 4.78 is 46.5. The summed E-state index contributed by atoms with van der Waals surface area (Å²) in [5.41, 5.74) is 1.85. The first-order chi connectivity index (χ1) is 15.2. The fourth-order valence-electron chi connectivity index (χ4n) is 3.28. The normalized spacial score (nSPS) is 12.1. The Labute approximate surface area is 187 Å². The Hall–Kier alpha value is -3.39. The second-order valence-electron chi connectivity index (χ2n) is 7.33. The zero-order valence-corrected chi connectivity index (χ0v) is 18.9. The first-order valence-corrected chi connectivity index (χ1v) is 11.4. The van der Waals surface area contributed by atoms with E-state index in [0.29, 0.717) is 5.75 Å². The van der Waals surface area contributed by atoms with E-state index in [2.05, 4.69) is 5.32 Å². The standard InChI is InChI=1S/C24H25FN2O4S/c1-17-8-14-21(15-9-17)32(29,30)27(20-12-10-19(25)11-13-20)16-24(28)26-18(2)22-6-4-5-7-23(22)31-3/h4-15,18H,16H2,1-3H3,(H,26,28)/t18-/m0/s1. The van der Waals surface area contributed by atoms with Gasteiger partial charge in [0.05, 0.1) is 23.7 Å². The van der Waals surface area contributed by atoms with Crippen LogP contribution in [0.2, 0.25) is 0 Å². The van der Waals surface area contributed by atoms with Crippen LogP contribution in [0.3, 0.4) is 0 Å². The van der Waals surface area contributed by atoms with Gasteiger partial charge in [0.25, 0.3) is 10.0 Å². The first-order valence-electron chi connectivity index (χ1n) is 9.99. The lowest BCUT2D eigenvalue weighted by Gasteiger charge is -2.25. The predicted molar refractivity (Wildman–Crippen MR) is 122 cm³/mol. The number of nitrogens with one attached hydrogen (secondary N) is 1. The lowest BCUT2D eigenvalue weighted by atomic mass is 10.1. The number of anilines is 1. The molecule has 0 aliphatic rings. The van der Waals surface area contributed by atoms with Gasteiger partial charge in [-0.05, 0) is 56.3 Å². The van der Waals surface area contributed by atoms with Gasteiger partial charge in [-0.1, -0.05) is 35.9 Å². The van der Waals surface area contributed by atoms with Gasteiger partial charge in [0.2, 0.25) is 5.91 Å². The molecule has 1 amide bonds. The lowest BCUT2D eigenvalue weighted by molar-refractivity contribution is -0.120. The molecule has 1 N–H and O–H groups in total. The number of sulfonamides is 1. The van der Waals surface area contributed by atoms with Crippen LogP contribution < -0.4 is 14.4 Å². The van der Waals surface area contributed by atoms with Gasteiger partial charge in [0.1, 0.15) is 18.1 Å². The molecule has 0 aliphatic heterocycles. The zero-order chi connectivity index (χ0) is 23.3. The highest BCUT2D eigenvalue weighted by molar-refractivity contribution is 7.92. The first kappa shape index (κ1) is 23.3. The van der Waals surface area contributed by atoms with Gasteiger partial charge in [0, 0.05) is 5.56 Å². The number of para-hydroxylation sites is 1. The van der Waals surface area contributed by atoms with Crippen LogP contribution in [-0.2, 0) is 14.8 Å². The molecule has 3 aromatic rings. The molecule has 8 heteroatoms. The van der Waals surface area contributed by atoms with Crippen LogP contribution in [0.25, 0.3) is 0 Å². The van der Waals surface area contributed by atoms with Crippen LogP contribution in [0.4, 0.5) is 10.1 Å². The molecular formula is C24H25FN2O4S. The molecule has 1 atom stereocenters. The minimum absolute atomic E-state index is 0.0398. The highest BCUT2D eigenvalue weighted by Gasteiger charge is 2.28. The molecule has 0 saturated carbocycles. The Morgan fingerprint density at radius 2 is 1.66 bits per heavy atom. The lowest BCUT2D eigenvalue weighted by Crippen LogP contribution is -2.41. The Balaban J connectivity index is 1.89. The van der Waals surface area contributed by atoms with Crippen molar-refractivity contribution in [1.29, 1.82) is 0 Å². The van der Waals surface area contributed by atoms with Gasteiger partial charge in [-0.3, -0.25) is 9.10 Å². The van der Waals surface area contributed by atoms with Gasteiger partial charge in [-0.25, -0.2) is 12.8 Å². The maximum Gasteiger partial charge on any atom is 0.264 e. The molecule has 168 valence electrons. The minimum Gasteiger partial charge on any atom is -0.496 e. The summed E-state index contributed by atoms with van der Waals surface area (Å²) in [4.78, 5) is 12.9. The number of methoxy groups -OCH3 is 1. The maximum absolute atomic E-state index is 13.4. The number of hydrogen-bond donors (Lipinski definition) is 1. The molecule has 0 saturated heterocycles. The molecule has 0 spiro atoms. The van der Waals surface area contributed by atoms with Crippen LogP contribution in [0.5, 0.6) is 5.75 Å². The van der Waals surface area contributed by atoms with Crippen LogP contribution in [0.15, 0.2) is 77.7 Å². The topological polar surface area (TPSA) is 75.7 Å². The number of aryl methyl sites for hydroxylation is 1. The van der Waals surface area contributed by atoms with Crippen LogP contribution in [0, 0.1) is 12.7 Å². The van der Waals surface area contributed by atoms with Gasteiger partial charge >= 0.3 is 0 Å². The van der Waals surface area contributed by atoms with Gasteiger partial charge in [-0.15, -0.1) is 0 Å². The minimum atomic E-state index is -4.07. The van der Waals surface area contributed by atoms with E-state index in [1.54, 1.807) is 25.1 Å². The molecule has 0 heterocycles. The summed E-state index contributed by atoms with van der Waals surface area (Å²) in [6.45, 7) is 3.16. The largest absolute Gasteiger partial charge is 0.496 e. The van der Waals surface area contributed by atoms with E-state index in [4.69, 9.17) is 4.74 Å². The summed E-state index contributed by atoms with van der Waals surface area (Å²) in [6.07, 6.45) is 0. The van der Waals surface area contributed by atoms with E-state index < -0.39 is 34.3 Å². The quantitative estimate of drug-likeness (QED) is 0.551. The third-order valence-electron chi connectivity index (χ3n) is 4.99. The third-order valence-corrected chi connectivity index (χ3v) is 6.78. The van der Waals surface area contributed by atoms with Crippen molar-refractivity contribution in [2.24, 2.45) is 0 Å². The van der Waals surface area contributed by atoms with Crippen molar-refractivity contribution in [2.75, 3.05) is 18.0 Å². The predicted octanol–water partition coefficient (Wildman–Crippen LogP) is 4.22. The zero-order valence-electron chi connectivity index (χ0n) is 18.1. The number of rotatable bonds is 8. The SMILES string of the molecule is COc1ccccc1[C@H](C)NC(=O)CN(c1ccc(F)cc1)S(=O)(=O)c1ccc(C)cc1. The highest BCUT2D eigenvalue weighted by atomic mass is 32.2.